The van der Waals surface area contributed by atoms with Crippen LogP contribution in [0.1, 0.15) is 26.2 Å². The lowest BCUT2D eigenvalue weighted by atomic mass is 9.93. The topological polar surface area (TPSA) is 66.0 Å². The minimum absolute atomic E-state index is 0.0865. The van der Waals surface area contributed by atoms with Crippen molar-refractivity contribution in [2.45, 2.75) is 26.2 Å². The lowest BCUT2D eigenvalue weighted by Crippen LogP contribution is -2.46. The first-order chi connectivity index (χ1) is 13.0. The Kier molecular flexibility index (Phi) is 8.29. The molecule has 1 aliphatic heterocycles. The Hall–Kier alpha value is -2.38. The second-order valence-electron chi connectivity index (χ2n) is 6.47. The van der Waals surface area contributed by atoms with Gasteiger partial charge < -0.3 is 20.3 Å². The van der Waals surface area contributed by atoms with Gasteiger partial charge in [0.25, 0.3) is 0 Å². The first kappa shape index (κ1) is 20.9. The number of amides is 1. The molecule has 1 saturated heterocycles. The van der Waals surface area contributed by atoms with Crippen LogP contribution in [-0.2, 0) is 4.79 Å². The van der Waals surface area contributed by atoms with E-state index in [0.717, 1.165) is 50.6 Å². The van der Waals surface area contributed by atoms with Gasteiger partial charge in [-0.2, -0.15) is 0 Å². The minimum atomic E-state index is -0.927. The number of aliphatic imine (C=N–C) groups is 1. The van der Waals surface area contributed by atoms with E-state index < -0.39 is 11.6 Å². The van der Waals surface area contributed by atoms with Crippen LogP contribution < -0.4 is 15.4 Å². The Morgan fingerprint density at radius 2 is 2.04 bits per heavy atom. The van der Waals surface area contributed by atoms with Gasteiger partial charge in [0.2, 0.25) is 5.91 Å². The Morgan fingerprint density at radius 3 is 2.67 bits per heavy atom. The van der Waals surface area contributed by atoms with Crippen molar-refractivity contribution < 1.29 is 18.3 Å². The number of likely N-dealkylation sites (tertiary alicyclic amines) is 1. The maximum absolute atomic E-state index is 13.2. The van der Waals surface area contributed by atoms with E-state index in [2.05, 4.69) is 20.5 Å². The van der Waals surface area contributed by atoms with Crippen LogP contribution in [0.2, 0.25) is 0 Å². The molecule has 0 spiro atoms. The third-order valence-corrected chi connectivity index (χ3v) is 4.51. The summed E-state index contributed by atoms with van der Waals surface area (Å²) in [7, 11) is 1.66. The Labute approximate surface area is 159 Å². The molecule has 0 radical (unpaired) electrons. The van der Waals surface area contributed by atoms with Crippen LogP contribution in [-0.4, -0.2) is 56.6 Å². The van der Waals surface area contributed by atoms with E-state index in [1.54, 1.807) is 7.05 Å². The molecule has 2 rings (SSSR count). The summed E-state index contributed by atoms with van der Waals surface area (Å²) in [5.41, 5.74) is 0. The average Bonchev–Trinajstić information content (AvgIpc) is 2.67. The zero-order valence-electron chi connectivity index (χ0n) is 15.9. The quantitative estimate of drug-likeness (QED) is 0.431. The van der Waals surface area contributed by atoms with Gasteiger partial charge in [0.05, 0.1) is 6.54 Å². The summed E-state index contributed by atoms with van der Waals surface area (Å²) >= 11 is 0. The standard InChI is InChI=1S/C19H28F2N4O2/c1-3-23-19(25-9-6-14(7-10-25)12-18(26)22-2)24-8-11-27-15-4-5-16(20)17(21)13-15/h4-5,13-14H,3,6-12H2,1-2H3,(H,22,26)(H,23,24). The van der Waals surface area contributed by atoms with Crippen molar-refractivity contribution in [1.29, 1.82) is 0 Å². The predicted molar refractivity (Wildman–Crippen MR) is 101 cm³/mol. The van der Waals surface area contributed by atoms with Crippen molar-refractivity contribution in [2.24, 2.45) is 10.9 Å². The van der Waals surface area contributed by atoms with Gasteiger partial charge in [-0.3, -0.25) is 4.79 Å². The summed E-state index contributed by atoms with van der Waals surface area (Å²) in [4.78, 5) is 18.2. The molecular formula is C19H28F2N4O2. The highest BCUT2D eigenvalue weighted by molar-refractivity contribution is 5.80. The number of hydrogen-bond donors (Lipinski definition) is 2. The Bertz CT molecular complexity index is 647. The predicted octanol–water partition coefficient (Wildman–Crippen LogP) is 2.16. The molecule has 27 heavy (non-hydrogen) atoms. The number of nitrogens with zero attached hydrogens (tertiary/aromatic N) is 2. The van der Waals surface area contributed by atoms with Crippen LogP contribution >= 0.6 is 0 Å². The highest BCUT2D eigenvalue weighted by Crippen LogP contribution is 2.20. The van der Waals surface area contributed by atoms with Crippen molar-refractivity contribution in [3.8, 4) is 5.75 Å². The van der Waals surface area contributed by atoms with E-state index >= 15 is 0 Å². The molecule has 0 bridgehead atoms. The molecule has 150 valence electrons. The molecule has 1 aromatic rings. The number of hydrogen-bond acceptors (Lipinski definition) is 3. The molecule has 1 fully saturated rings. The number of guanidine groups is 1. The average molecular weight is 382 g/mol. The molecule has 8 heteroatoms. The fraction of sp³-hybridized carbons (Fsp3) is 0.579. The Morgan fingerprint density at radius 1 is 1.30 bits per heavy atom. The minimum Gasteiger partial charge on any atom is -0.492 e. The molecule has 1 amide bonds. The normalized spacial score (nSPS) is 15.6. The van der Waals surface area contributed by atoms with Crippen molar-refractivity contribution in [3.05, 3.63) is 29.8 Å². The first-order valence-corrected chi connectivity index (χ1v) is 9.35. The number of carbonyl (C=O) groups is 1. The monoisotopic (exact) mass is 382 g/mol. The summed E-state index contributed by atoms with van der Waals surface area (Å²) in [6.07, 6.45) is 2.46. The highest BCUT2D eigenvalue weighted by atomic mass is 19.2. The fourth-order valence-corrected chi connectivity index (χ4v) is 3.02. The largest absolute Gasteiger partial charge is 0.492 e. The lowest BCUT2D eigenvalue weighted by Gasteiger charge is -2.34. The van der Waals surface area contributed by atoms with Crippen molar-refractivity contribution in [2.75, 3.05) is 39.8 Å². The molecule has 0 aliphatic carbocycles. The molecule has 6 nitrogen and oxygen atoms in total. The number of ether oxygens (including phenoxy) is 1. The van der Waals surface area contributed by atoms with Gasteiger partial charge in [-0.05, 0) is 37.8 Å². The summed E-state index contributed by atoms with van der Waals surface area (Å²) in [5.74, 6) is -0.239. The van der Waals surface area contributed by atoms with Crippen LogP contribution in [0.3, 0.4) is 0 Å². The van der Waals surface area contributed by atoms with Gasteiger partial charge in [0.1, 0.15) is 12.4 Å². The molecule has 0 atom stereocenters. The van der Waals surface area contributed by atoms with Crippen molar-refractivity contribution in [3.63, 3.8) is 0 Å². The van der Waals surface area contributed by atoms with Gasteiger partial charge >= 0.3 is 0 Å². The maximum atomic E-state index is 13.2. The van der Waals surface area contributed by atoms with E-state index in [0.29, 0.717) is 18.9 Å². The second-order valence-corrected chi connectivity index (χ2v) is 6.47. The van der Waals surface area contributed by atoms with Gasteiger partial charge in [-0.15, -0.1) is 0 Å². The van der Waals surface area contributed by atoms with E-state index in [1.807, 2.05) is 6.92 Å². The van der Waals surface area contributed by atoms with Crippen LogP contribution in [0.4, 0.5) is 8.78 Å². The molecular weight excluding hydrogens is 354 g/mol. The number of piperidine rings is 1. The Balaban J connectivity index is 1.81. The fourth-order valence-electron chi connectivity index (χ4n) is 3.02. The molecule has 2 N–H and O–H groups in total. The number of rotatable bonds is 7. The molecule has 0 aromatic heterocycles. The van der Waals surface area contributed by atoms with Crippen LogP contribution in [0.5, 0.6) is 5.75 Å². The third kappa shape index (κ3) is 6.69. The molecule has 0 unspecified atom stereocenters. The summed E-state index contributed by atoms with van der Waals surface area (Å²) < 4.78 is 31.5. The number of halogens is 2. The van der Waals surface area contributed by atoms with Crippen LogP contribution in [0.15, 0.2) is 23.2 Å². The van der Waals surface area contributed by atoms with E-state index in [-0.39, 0.29) is 18.3 Å². The zero-order chi connectivity index (χ0) is 19.6. The van der Waals surface area contributed by atoms with Gasteiger partial charge in [0.15, 0.2) is 17.6 Å². The van der Waals surface area contributed by atoms with Gasteiger partial charge in [-0.25, -0.2) is 13.8 Å². The summed E-state index contributed by atoms with van der Waals surface area (Å²) in [6, 6.07) is 3.47. The van der Waals surface area contributed by atoms with Crippen molar-refractivity contribution in [1.82, 2.24) is 15.5 Å². The van der Waals surface area contributed by atoms with E-state index in [4.69, 9.17) is 4.74 Å². The second kappa shape index (κ2) is 10.7. The zero-order valence-corrected chi connectivity index (χ0v) is 15.9. The third-order valence-electron chi connectivity index (χ3n) is 4.51. The van der Waals surface area contributed by atoms with Gasteiger partial charge in [-0.1, -0.05) is 0 Å². The first-order valence-electron chi connectivity index (χ1n) is 9.35. The number of nitrogens with one attached hydrogen (secondary N) is 2. The maximum Gasteiger partial charge on any atom is 0.220 e. The van der Waals surface area contributed by atoms with Gasteiger partial charge in [0, 0.05) is 39.2 Å². The molecule has 0 saturated carbocycles. The summed E-state index contributed by atoms with van der Waals surface area (Å²) in [5, 5.41) is 5.94. The van der Waals surface area contributed by atoms with E-state index in [1.165, 1.54) is 6.07 Å². The van der Waals surface area contributed by atoms with Crippen molar-refractivity contribution >= 4 is 11.9 Å². The van der Waals surface area contributed by atoms with E-state index in [9.17, 15) is 13.6 Å². The number of carbonyl (C=O) groups excluding carboxylic acids is 1. The SMILES string of the molecule is CCNC(=NCCOc1ccc(F)c(F)c1)N1CCC(CC(=O)NC)CC1. The highest BCUT2D eigenvalue weighted by Gasteiger charge is 2.22. The number of benzene rings is 1. The smallest absolute Gasteiger partial charge is 0.220 e. The molecule has 1 aromatic carbocycles. The summed E-state index contributed by atoms with van der Waals surface area (Å²) in [6.45, 7) is 5.12. The molecule has 1 heterocycles. The van der Waals surface area contributed by atoms with Crippen LogP contribution in [0.25, 0.3) is 0 Å². The van der Waals surface area contributed by atoms with Crippen LogP contribution in [0, 0.1) is 17.6 Å². The molecule has 1 aliphatic rings. The lowest BCUT2D eigenvalue weighted by molar-refractivity contribution is -0.121.